The first kappa shape index (κ1) is 19.9. The highest BCUT2D eigenvalue weighted by atomic mass is 19.4. The van der Waals surface area contributed by atoms with Gasteiger partial charge in [-0.2, -0.15) is 13.2 Å². The number of nitrogens with one attached hydrogen (secondary N) is 2. The SMILES string of the molecule is O=C(CCC1CCCCC1)N[C@]1(C(F)(F)F)NC(=O)N(C2CCCC2)C1=O. The van der Waals surface area contributed by atoms with Crippen LogP contribution < -0.4 is 10.6 Å². The summed E-state index contributed by atoms with van der Waals surface area (Å²) in [7, 11) is 0. The van der Waals surface area contributed by atoms with Crippen molar-refractivity contribution >= 4 is 17.8 Å². The summed E-state index contributed by atoms with van der Waals surface area (Å²) < 4.78 is 41.3. The topological polar surface area (TPSA) is 78.5 Å². The number of carbonyl (C=O) groups excluding carboxylic acids is 3. The summed E-state index contributed by atoms with van der Waals surface area (Å²) in [5.41, 5.74) is -3.35. The minimum absolute atomic E-state index is 0.0882. The molecular weight excluding hydrogens is 363 g/mol. The zero-order chi connectivity index (χ0) is 19.7. The average molecular weight is 389 g/mol. The third-order valence-corrected chi connectivity index (χ3v) is 6.00. The van der Waals surface area contributed by atoms with Crippen molar-refractivity contribution < 1.29 is 27.6 Å². The highest BCUT2D eigenvalue weighted by Gasteiger charge is 2.69. The first-order valence-corrected chi connectivity index (χ1v) is 9.78. The minimum atomic E-state index is -5.12. The molecule has 3 aliphatic rings. The van der Waals surface area contributed by atoms with Crippen molar-refractivity contribution in [2.24, 2.45) is 5.92 Å². The predicted octanol–water partition coefficient (Wildman–Crippen LogP) is 3.22. The van der Waals surface area contributed by atoms with E-state index in [1.165, 1.54) is 0 Å². The molecule has 2 saturated carbocycles. The van der Waals surface area contributed by atoms with Crippen LogP contribution in [0.1, 0.15) is 70.6 Å². The molecule has 3 rings (SSSR count). The van der Waals surface area contributed by atoms with E-state index in [-0.39, 0.29) is 6.42 Å². The molecule has 0 radical (unpaired) electrons. The second-order valence-electron chi connectivity index (χ2n) is 7.88. The molecule has 0 aromatic rings. The van der Waals surface area contributed by atoms with E-state index in [2.05, 4.69) is 0 Å². The van der Waals surface area contributed by atoms with Crippen LogP contribution in [0.5, 0.6) is 0 Å². The molecule has 1 heterocycles. The fraction of sp³-hybridized carbons (Fsp3) is 0.833. The standard InChI is InChI=1S/C18H26F3N3O3/c19-18(20,21)17(22-14(25)11-10-12-6-2-1-3-7-12)15(26)24(16(27)23-17)13-8-4-5-9-13/h12-13H,1-11H2,(H,22,25)(H,23,27)/t17-/m0/s1. The third kappa shape index (κ3) is 3.91. The first-order chi connectivity index (χ1) is 12.7. The van der Waals surface area contributed by atoms with E-state index in [0.717, 1.165) is 44.9 Å². The predicted molar refractivity (Wildman–Crippen MR) is 90.4 cm³/mol. The van der Waals surface area contributed by atoms with Crippen molar-refractivity contribution in [3.8, 4) is 0 Å². The Balaban J connectivity index is 1.70. The molecule has 9 heteroatoms. The van der Waals surface area contributed by atoms with Gasteiger partial charge in [0.1, 0.15) is 0 Å². The summed E-state index contributed by atoms with van der Waals surface area (Å²) >= 11 is 0. The monoisotopic (exact) mass is 389 g/mol. The number of halogens is 3. The second kappa shape index (κ2) is 7.67. The van der Waals surface area contributed by atoms with E-state index in [9.17, 15) is 27.6 Å². The van der Waals surface area contributed by atoms with Gasteiger partial charge in [-0.3, -0.25) is 19.8 Å². The quantitative estimate of drug-likeness (QED) is 0.709. The maximum Gasteiger partial charge on any atom is 0.440 e. The summed E-state index contributed by atoms with van der Waals surface area (Å²) in [5, 5.41) is 3.55. The molecule has 2 aliphatic carbocycles. The molecule has 1 atom stereocenters. The van der Waals surface area contributed by atoms with Gasteiger partial charge in [-0.15, -0.1) is 0 Å². The summed E-state index contributed by atoms with van der Waals surface area (Å²) in [5.74, 6) is -1.95. The van der Waals surface area contributed by atoms with Gasteiger partial charge < -0.3 is 5.32 Å². The highest BCUT2D eigenvalue weighted by Crippen LogP contribution is 2.37. The lowest BCUT2D eigenvalue weighted by Gasteiger charge is -2.31. The minimum Gasteiger partial charge on any atom is -0.318 e. The molecule has 0 unspecified atom stereocenters. The van der Waals surface area contributed by atoms with Crippen molar-refractivity contribution in [1.82, 2.24) is 15.5 Å². The Morgan fingerprint density at radius 3 is 2.26 bits per heavy atom. The smallest absolute Gasteiger partial charge is 0.318 e. The van der Waals surface area contributed by atoms with Gasteiger partial charge in [-0.25, -0.2) is 4.79 Å². The van der Waals surface area contributed by atoms with Crippen LogP contribution in [-0.4, -0.2) is 40.6 Å². The normalized spacial score (nSPS) is 27.9. The summed E-state index contributed by atoms with van der Waals surface area (Å²) in [6.07, 6.45) is 3.03. The number of nitrogens with zero attached hydrogens (tertiary/aromatic N) is 1. The van der Waals surface area contributed by atoms with Crippen molar-refractivity contribution in [1.29, 1.82) is 0 Å². The van der Waals surface area contributed by atoms with Crippen molar-refractivity contribution in [3.63, 3.8) is 0 Å². The Morgan fingerprint density at radius 1 is 1.07 bits per heavy atom. The van der Waals surface area contributed by atoms with Crippen LogP contribution in [0.4, 0.5) is 18.0 Å². The van der Waals surface area contributed by atoms with Crippen molar-refractivity contribution in [3.05, 3.63) is 0 Å². The third-order valence-electron chi connectivity index (χ3n) is 6.00. The first-order valence-electron chi connectivity index (χ1n) is 9.78. The lowest BCUT2D eigenvalue weighted by Crippen LogP contribution is -2.69. The number of urea groups is 1. The number of hydrogen-bond donors (Lipinski definition) is 2. The molecule has 0 aromatic carbocycles. The van der Waals surface area contributed by atoms with Crippen LogP contribution >= 0.6 is 0 Å². The maximum atomic E-state index is 13.8. The van der Waals surface area contributed by atoms with E-state index in [0.29, 0.717) is 30.1 Å². The number of carbonyl (C=O) groups is 3. The van der Waals surface area contributed by atoms with Crippen molar-refractivity contribution in [2.75, 3.05) is 0 Å². The Morgan fingerprint density at radius 2 is 1.67 bits per heavy atom. The Hall–Kier alpha value is -1.80. The zero-order valence-corrected chi connectivity index (χ0v) is 15.2. The van der Waals surface area contributed by atoms with Gasteiger partial charge >= 0.3 is 12.2 Å². The van der Waals surface area contributed by atoms with E-state index in [1.807, 2.05) is 5.32 Å². The molecule has 2 N–H and O–H groups in total. The molecule has 0 spiro atoms. The van der Waals surface area contributed by atoms with Crippen LogP contribution in [0, 0.1) is 5.92 Å². The fourth-order valence-electron chi connectivity index (χ4n) is 4.47. The average Bonchev–Trinajstić information content (AvgIpc) is 3.21. The molecule has 6 nitrogen and oxygen atoms in total. The number of rotatable bonds is 5. The summed E-state index contributed by atoms with van der Waals surface area (Å²) in [6.45, 7) is 0. The highest BCUT2D eigenvalue weighted by molar-refractivity contribution is 6.09. The lowest BCUT2D eigenvalue weighted by atomic mass is 9.86. The van der Waals surface area contributed by atoms with Gasteiger partial charge in [0.15, 0.2) is 0 Å². The fourth-order valence-corrected chi connectivity index (χ4v) is 4.47. The van der Waals surface area contributed by atoms with Gasteiger partial charge in [-0.05, 0) is 25.2 Å². The van der Waals surface area contributed by atoms with Crippen LogP contribution in [0.2, 0.25) is 0 Å². The molecule has 1 saturated heterocycles. The van der Waals surface area contributed by atoms with Crippen LogP contribution in [0.3, 0.4) is 0 Å². The molecule has 1 aliphatic heterocycles. The number of alkyl halides is 3. The Bertz CT molecular complexity index is 598. The molecule has 0 aromatic heterocycles. The summed E-state index contributed by atoms with van der Waals surface area (Å²) in [6, 6.07) is -1.63. The van der Waals surface area contributed by atoms with E-state index < -0.39 is 35.7 Å². The largest absolute Gasteiger partial charge is 0.440 e. The van der Waals surface area contributed by atoms with Crippen LogP contribution in [-0.2, 0) is 9.59 Å². The lowest BCUT2D eigenvalue weighted by molar-refractivity contribution is -0.204. The molecule has 0 bridgehead atoms. The second-order valence-corrected chi connectivity index (χ2v) is 7.88. The van der Waals surface area contributed by atoms with Gasteiger partial charge in [-0.1, -0.05) is 44.9 Å². The molecule has 152 valence electrons. The molecule has 4 amide bonds. The van der Waals surface area contributed by atoms with Gasteiger partial charge in [0.05, 0.1) is 0 Å². The Kier molecular flexibility index (Phi) is 5.67. The van der Waals surface area contributed by atoms with Crippen molar-refractivity contribution in [2.45, 2.75) is 88.5 Å². The number of amides is 4. The zero-order valence-electron chi connectivity index (χ0n) is 15.2. The van der Waals surface area contributed by atoms with E-state index in [4.69, 9.17) is 0 Å². The number of hydrogen-bond acceptors (Lipinski definition) is 3. The van der Waals surface area contributed by atoms with E-state index in [1.54, 1.807) is 5.32 Å². The van der Waals surface area contributed by atoms with Crippen LogP contribution in [0.15, 0.2) is 0 Å². The molecule has 27 heavy (non-hydrogen) atoms. The molecular formula is C18H26F3N3O3. The van der Waals surface area contributed by atoms with Gasteiger partial charge in [0.2, 0.25) is 5.91 Å². The molecule has 3 fully saturated rings. The maximum absolute atomic E-state index is 13.8. The van der Waals surface area contributed by atoms with E-state index >= 15 is 0 Å². The van der Waals surface area contributed by atoms with Gasteiger partial charge in [0.25, 0.3) is 11.6 Å². The summed E-state index contributed by atoms with van der Waals surface area (Å²) in [4.78, 5) is 37.7. The van der Waals surface area contributed by atoms with Crippen LogP contribution in [0.25, 0.3) is 0 Å². The Labute approximate surface area is 156 Å². The number of imide groups is 1. The van der Waals surface area contributed by atoms with Gasteiger partial charge in [0, 0.05) is 12.5 Å².